The summed E-state index contributed by atoms with van der Waals surface area (Å²) in [5.74, 6) is 0.448. The van der Waals surface area contributed by atoms with E-state index in [1.165, 1.54) is 11.1 Å². The molecule has 2 rings (SSSR count). The van der Waals surface area contributed by atoms with Crippen molar-refractivity contribution < 1.29 is 6.22 Å². The second-order valence-electron chi connectivity index (χ2n) is 6.05. The zero-order valence-corrected chi connectivity index (χ0v) is 12.7. The molecule has 1 aliphatic rings. The van der Waals surface area contributed by atoms with Crippen molar-refractivity contribution in [2.45, 2.75) is 58.3 Å². The van der Waals surface area contributed by atoms with Crippen LogP contribution in [-0.2, 0) is 11.2 Å². The summed E-state index contributed by atoms with van der Waals surface area (Å²) in [7, 11) is 0. The maximum atomic E-state index is 12.3. The molecule has 0 saturated heterocycles. The number of allylic oxidation sites excluding steroid dienone is 1. The largest absolute Gasteiger partial charge is 0.299 e. The number of unbranched alkanes of at least 4 members (excludes halogenated alkanes) is 1. The van der Waals surface area contributed by atoms with Crippen LogP contribution >= 0.6 is 0 Å². The maximum absolute atomic E-state index is 12.3. The predicted molar refractivity (Wildman–Crippen MR) is 86.8 cm³/mol. The van der Waals surface area contributed by atoms with E-state index in [-0.39, 0.29) is 6.84 Å². The van der Waals surface area contributed by atoms with Gasteiger partial charge in [0.05, 0.1) is 0 Å². The van der Waals surface area contributed by atoms with Gasteiger partial charge in [-0.15, -0.1) is 0 Å². The van der Waals surface area contributed by atoms with Gasteiger partial charge in [-0.3, -0.25) is 4.79 Å². The van der Waals surface area contributed by atoms with Gasteiger partial charge in [0.25, 0.3) is 0 Å². The van der Waals surface area contributed by atoms with E-state index in [2.05, 4.69) is 43.8 Å². The number of Topliss-reactive ketones (excluding diaryl/α,β-unsaturated/α-hetero) is 1. The van der Waals surface area contributed by atoms with Gasteiger partial charge in [0.2, 0.25) is 0 Å². The summed E-state index contributed by atoms with van der Waals surface area (Å²) in [6.45, 7) is 6.36. The van der Waals surface area contributed by atoms with E-state index >= 15 is 0 Å². The fourth-order valence-electron chi connectivity index (χ4n) is 3.52. The molecule has 1 aromatic rings. The van der Waals surface area contributed by atoms with Crippen molar-refractivity contribution in [3.05, 3.63) is 48.0 Å². The number of hydrogen-bond donors (Lipinski definition) is 0. The van der Waals surface area contributed by atoms with E-state index in [4.69, 9.17) is 0 Å². The molecule has 1 nitrogen and oxygen atoms in total. The Morgan fingerprint density at radius 3 is 2.50 bits per heavy atom. The third-order valence-corrected chi connectivity index (χ3v) is 4.70. The lowest BCUT2D eigenvalue weighted by atomic mass is 9.74. The van der Waals surface area contributed by atoms with Gasteiger partial charge in [0.1, 0.15) is 5.78 Å². The Balaban J connectivity index is 0.00000220. The number of carbonyl (C=O) groups is 1. The van der Waals surface area contributed by atoms with Crippen molar-refractivity contribution in [1.29, 1.82) is 0 Å². The lowest BCUT2D eigenvalue weighted by Crippen LogP contribution is -2.27. The number of benzene rings is 1. The fourth-order valence-corrected chi connectivity index (χ4v) is 3.52. The quantitative estimate of drug-likeness (QED) is 0.483. The molecule has 0 heterocycles. The van der Waals surface area contributed by atoms with Gasteiger partial charge in [-0.2, -0.15) is 0 Å². The Bertz CT molecular complexity index is 448. The zero-order valence-electron chi connectivity index (χ0n) is 12.7. The van der Waals surface area contributed by atoms with E-state index in [0.29, 0.717) is 5.78 Å². The monoisotopic (exact) mass is 272 g/mol. The van der Waals surface area contributed by atoms with Gasteiger partial charge in [-0.1, -0.05) is 62.2 Å². The molecule has 0 bridgehead atoms. The molecule has 0 spiro atoms. The average molecular weight is 272 g/mol. The molecule has 1 aromatic carbocycles. The molecule has 0 radical (unpaired) electrons. The third kappa shape index (κ3) is 3.20. The Hall–Kier alpha value is -1.37. The summed E-state index contributed by atoms with van der Waals surface area (Å²) in [4.78, 5) is 12.3. The van der Waals surface area contributed by atoms with Gasteiger partial charge in [-0.05, 0) is 37.7 Å². The Morgan fingerprint density at radius 1 is 1.15 bits per heavy atom. The van der Waals surface area contributed by atoms with Crippen LogP contribution in [0.25, 0.3) is 0 Å². The van der Waals surface area contributed by atoms with Crippen molar-refractivity contribution in [2.24, 2.45) is 5.41 Å². The first-order valence-corrected chi connectivity index (χ1v) is 7.94. The minimum absolute atomic E-state index is 0. The van der Waals surface area contributed by atoms with Crippen molar-refractivity contribution in [1.82, 2.24) is 0 Å². The van der Waals surface area contributed by atoms with Crippen molar-refractivity contribution >= 4 is 5.78 Å². The first kappa shape index (κ1) is 15.0. The van der Waals surface area contributed by atoms with E-state index in [0.717, 1.165) is 51.4 Å². The van der Waals surface area contributed by atoms with Crippen LogP contribution in [0.2, 0.25) is 0 Å². The van der Waals surface area contributed by atoms with E-state index in [1.807, 2.05) is 0 Å². The molecule has 1 aliphatic carbocycles. The summed E-state index contributed by atoms with van der Waals surface area (Å²) < 4.78 is 0. The van der Waals surface area contributed by atoms with Crippen LogP contribution in [0.5, 0.6) is 0 Å². The van der Waals surface area contributed by atoms with E-state index < -0.39 is 0 Å². The topological polar surface area (TPSA) is 17.1 Å². The molecule has 20 heavy (non-hydrogen) atoms. The van der Waals surface area contributed by atoms with Crippen molar-refractivity contribution in [3.63, 3.8) is 0 Å². The highest BCUT2D eigenvalue weighted by atomic mass is 16.1. The molecule has 0 amide bonds. The van der Waals surface area contributed by atoms with E-state index in [9.17, 15) is 4.79 Å². The number of aryl methyl sites for hydroxylation is 1. The van der Waals surface area contributed by atoms with Gasteiger partial charge < -0.3 is 0 Å². The predicted octanol–water partition coefficient (Wildman–Crippen LogP) is 5.35. The molecule has 110 valence electrons. The second-order valence-corrected chi connectivity index (χ2v) is 6.05. The minimum atomic E-state index is -0.175. The smallest absolute Gasteiger partial charge is 0.143 e. The molecular formula is C19H28O. The molecule has 1 unspecified atom stereocenters. The van der Waals surface area contributed by atoms with Crippen LogP contribution < -0.4 is 0 Å². The first-order chi connectivity index (χ1) is 9.69. The van der Waals surface area contributed by atoms with E-state index in [1.54, 1.807) is 0 Å². The fraction of sp³-hybridized carbons (Fsp3) is 0.526. The molecular weight excluding hydrogens is 244 g/mol. The lowest BCUT2D eigenvalue weighted by Gasteiger charge is -2.28. The average Bonchev–Trinajstić information content (AvgIpc) is 2.74. The molecule has 1 heteroatoms. The third-order valence-electron chi connectivity index (χ3n) is 4.70. The summed E-state index contributed by atoms with van der Waals surface area (Å²) in [5.41, 5.74) is 2.42. The number of ketones is 1. The molecule has 1 fully saturated rings. The Morgan fingerprint density at radius 2 is 1.90 bits per heavy atom. The van der Waals surface area contributed by atoms with Crippen LogP contribution in [0.15, 0.2) is 42.5 Å². The van der Waals surface area contributed by atoms with Crippen molar-refractivity contribution in [3.8, 4) is 0 Å². The highest BCUT2D eigenvalue weighted by molar-refractivity contribution is 5.91. The number of hydrogen-bond acceptors (Lipinski definition) is 1. The highest BCUT2D eigenvalue weighted by Crippen LogP contribution is 2.46. The van der Waals surface area contributed by atoms with Crippen LogP contribution in [0.4, 0.5) is 0 Å². The standard InChI is InChI=1S/C19H26O.H2/c1-3-14-19(16(2)12-13-18(19)20)15-8-7-11-17-9-5-4-6-10-17;/h4-6,9-10H,2-3,7-8,11-15H2,1H3;1H. The van der Waals surface area contributed by atoms with Gasteiger partial charge >= 0.3 is 0 Å². The molecule has 0 aliphatic heterocycles. The van der Waals surface area contributed by atoms with Crippen LogP contribution in [0.3, 0.4) is 0 Å². The highest BCUT2D eigenvalue weighted by Gasteiger charge is 2.43. The number of rotatable bonds is 7. The maximum Gasteiger partial charge on any atom is 0.143 e. The summed E-state index contributed by atoms with van der Waals surface area (Å²) in [6.07, 6.45) is 8.11. The summed E-state index contributed by atoms with van der Waals surface area (Å²) >= 11 is 0. The Labute approximate surface area is 124 Å². The molecule has 1 atom stereocenters. The van der Waals surface area contributed by atoms with Gasteiger partial charge in [0.15, 0.2) is 0 Å². The van der Waals surface area contributed by atoms with Crippen LogP contribution in [0.1, 0.15) is 58.9 Å². The first-order valence-electron chi connectivity index (χ1n) is 7.94. The van der Waals surface area contributed by atoms with Crippen LogP contribution in [0, 0.1) is 5.41 Å². The normalized spacial score (nSPS) is 22.4. The summed E-state index contributed by atoms with van der Waals surface area (Å²) in [5, 5.41) is 0. The van der Waals surface area contributed by atoms with Crippen molar-refractivity contribution in [2.75, 3.05) is 0 Å². The van der Waals surface area contributed by atoms with Crippen LogP contribution in [-0.4, -0.2) is 5.78 Å². The molecule has 0 aromatic heterocycles. The second kappa shape index (κ2) is 6.88. The van der Waals surface area contributed by atoms with Gasteiger partial charge in [-0.25, -0.2) is 0 Å². The molecule has 0 N–H and O–H groups in total. The Kier molecular flexibility index (Phi) is 5.17. The SMILES string of the molecule is C=C1CCC(=O)C1(CCC)CCCCc1ccccc1.[HH]. The number of carbonyl (C=O) groups excluding carboxylic acids is 1. The summed E-state index contributed by atoms with van der Waals surface area (Å²) in [6, 6.07) is 10.6. The lowest BCUT2D eigenvalue weighted by molar-refractivity contribution is -0.125. The molecule has 1 saturated carbocycles. The minimum Gasteiger partial charge on any atom is -0.299 e. The zero-order chi connectivity index (χ0) is 14.4. The van der Waals surface area contributed by atoms with Gasteiger partial charge in [0, 0.05) is 13.3 Å².